The van der Waals surface area contributed by atoms with Crippen molar-refractivity contribution in [1.29, 1.82) is 0 Å². The van der Waals surface area contributed by atoms with Gasteiger partial charge in [-0.1, -0.05) is 6.58 Å². The molecule has 1 N–H and O–H groups in total. The molecule has 0 aromatic carbocycles. The van der Waals surface area contributed by atoms with E-state index >= 15 is 0 Å². The Hall–Kier alpha value is -1.45. The van der Waals surface area contributed by atoms with E-state index < -0.39 is 5.97 Å². The van der Waals surface area contributed by atoms with E-state index in [4.69, 9.17) is 5.11 Å². The summed E-state index contributed by atoms with van der Waals surface area (Å²) in [5.74, 6) is -0.763. The zero-order valence-corrected chi connectivity index (χ0v) is 6.81. The maximum atomic E-state index is 10.2. The molecule has 0 fully saturated rings. The van der Waals surface area contributed by atoms with E-state index in [1.807, 2.05) is 22.2 Å². The highest BCUT2D eigenvalue weighted by Gasteiger charge is 2.09. The number of carboxylic acid groups (broad SMARTS) is 1. The first-order chi connectivity index (χ1) is 5.72. The summed E-state index contributed by atoms with van der Waals surface area (Å²) in [6, 6.07) is 0. The molecule has 4 nitrogen and oxygen atoms in total. The van der Waals surface area contributed by atoms with Crippen LogP contribution in [0.4, 0.5) is 0 Å². The number of rotatable bonds is 4. The summed E-state index contributed by atoms with van der Waals surface area (Å²) in [7, 11) is 0. The summed E-state index contributed by atoms with van der Waals surface area (Å²) in [6.07, 6.45) is 5.62. The molecule has 0 radical (unpaired) electrons. The molecule has 0 spiro atoms. The molecule has 0 bridgehead atoms. The van der Waals surface area contributed by atoms with Gasteiger partial charge in [0.1, 0.15) is 0 Å². The van der Waals surface area contributed by atoms with Crippen molar-refractivity contribution in [2.24, 2.45) is 0 Å². The summed E-state index contributed by atoms with van der Waals surface area (Å²) in [4.78, 5) is 14.0. The third kappa shape index (κ3) is 2.30. The number of carbonyl (C=O) groups is 1. The molecule has 0 atom stereocenters. The lowest BCUT2D eigenvalue weighted by atomic mass is 10.4. The Morgan fingerprint density at radius 1 is 1.67 bits per heavy atom. The van der Waals surface area contributed by atoms with Gasteiger partial charge in [-0.25, -0.2) is 0 Å². The zero-order chi connectivity index (χ0) is 8.97. The van der Waals surface area contributed by atoms with Crippen molar-refractivity contribution in [3.63, 3.8) is 0 Å². The van der Waals surface area contributed by atoms with Crippen LogP contribution in [0, 0.1) is 0 Å². The molecule has 0 aromatic heterocycles. The minimum Gasteiger partial charge on any atom is -0.481 e. The first kappa shape index (κ1) is 8.64. The van der Waals surface area contributed by atoms with Gasteiger partial charge < -0.3 is 14.9 Å². The van der Waals surface area contributed by atoms with Crippen molar-refractivity contribution in [3.8, 4) is 0 Å². The maximum absolute atomic E-state index is 10.2. The molecule has 1 aliphatic rings. The van der Waals surface area contributed by atoms with Crippen molar-refractivity contribution in [1.82, 2.24) is 9.80 Å². The van der Waals surface area contributed by atoms with E-state index in [-0.39, 0.29) is 6.42 Å². The maximum Gasteiger partial charge on any atom is 0.305 e. The van der Waals surface area contributed by atoms with Crippen LogP contribution < -0.4 is 0 Å². The van der Waals surface area contributed by atoms with Gasteiger partial charge in [-0.15, -0.1) is 0 Å². The SMILES string of the molecule is C=CN1C=CN(CCC(=O)O)C1. The lowest BCUT2D eigenvalue weighted by Crippen LogP contribution is -2.24. The molecular weight excluding hydrogens is 156 g/mol. The molecule has 1 aliphatic heterocycles. The number of aliphatic carboxylic acids is 1. The van der Waals surface area contributed by atoms with Gasteiger partial charge in [0.2, 0.25) is 0 Å². The zero-order valence-electron chi connectivity index (χ0n) is 6.81. The van der Waals surface area contributed by atoms with Gasteiger partial charge in [0.25, 0.3) is 0 Å². The largest absolute Gasteiger partial charge is 0.481 e. The van der Waals surface area contributed by atoms with E-state index in [0.717, 1.165) is 0 Å². The number of carboxylic acids is 1. The average molecular weight is 168 g/mol. The molecule has 0 unspecified atom stereocenters. The highest BCUT2D eigenvalue weighted by molar-refractivity contribution is 5.66. The van der Waals surface area contributed by atoms with Gasteiger partial charge in [0.15, 0.2) is 0 Å². The van der Waals surface area contributed by atoms with E-state index in [2.05, 4.69) is 6.58 Å². The van der Waals surface area contributed by atoms with Crippen molar-refractivity contribution in [3.05, 3.63) is 25.2 Å². The number of hydrogen-bond acceptors (Lipinski definition) is 3. The first-order valence-electron chi connectivity index (χ1n) is 3.75. The van der Waals surface area contributed by atoms with Gasteiger partial charge in [-0.05, 0) is 6.20 Å². The van der Waals surface area contributed by atoms with Crippen LogP contribution in [0.1, 0.15) is 6.42 Å². The Kier molecular flexibility index (Phi) is 2.74. The van der Waals surface area contributed by atoms with Gasteiger partial charge in [0.05, 0.1) is 13.1 Å². The standard InChI is InChI=1S/C8H12N2O2/c1-2-9-5-6-10(7-9)4-3-8(11)12/h2,5-6H,1,3-4,7H2,(H,11,12). The van der Waals surface area contributed by atoms with E-state index in [0.29, 0.717) is 13.2 Å². The second kappa shape index (κ2) is 3.80. The molecule has 1 heterocycles. The monoisotopic (exact) mass is 168 g/mol. The van der Waals surface area contributed by atoms with Crippen molar-refractivity contribution in [2.45, 2.75) is 6.42 Å². The quantitative estimate of drug-likeness (QED) is 0.669. The minimum absolute atomic E-state index is 0.176. The Morgan fingerprint density at radius 3 is 2.92 bits per heavy atom. The van der Waals surface area contributed by atoms with Crippen LogP contribution in [0.15, 0.2) is 25.2 Å². The smallest absolute Gasteiger partial charge is 0.305 e. The number of nitrogens with zero attached hydrogens (tertiary/aromatic N) is 2. The van der Waals surface area contributed by atoms with Crippen LogP contribution in [0.25, 0.3) is 0 Å². The fraction of sp³-hybridized carbons (Fsp3) is 0.375. The van der Waals surface area contributed by atoms with Gasteiger partial charge in [-0.3, -0.25) is 4.79 Å². The van der Waals surface area contributed by atoms with Crippen LogP contribution in [-0.4, -0.2) is 34.1 Å². The minimum atomic E-state index is -0.763. The van der Waals surface area contributed by atoms with Crippen LogP contribution >= 0.6 is 0 Å². The molecule has 4 heteroatoms. The Labute approximate surface area is 71.4 Å². The Bertz CT molecular complexity index is 213. The molecule has 0 aromatic rings. The molecule has 0 saturated carbocycles. The lowest BCUT2D eigenvalue weighted by molar-refractivity contribution is -0.137. The van der Waals surface area contributed by atoms with Crippen LogP contribution in [0.5, 0.6) is 0 Å². The van der Waals surface area contributed by atoms with Crippen LogP contribution in [-0.2, 0) is 4.79 Å². The average Bonchev–Trinajstić information content (AvgIpc) is 2.48. The van der Waals surface area contributed by atoms with Gasteiger partial charge >= 0.3 is 5.97 Å². The molecular formula is C8H12N2O2. The third-order valence-electron chi connectivity index (χ3n) is 1.66. The second-order valence-electron chi connectivity index (χ2n) is 2.59. The predicted octanol–water partition coefficient (Wildman–Crippen LogP) is 0.651. The van der Waals surface area contributed by atoms with E-state index in [1.165, 1.54) is 0 Å². The molecule has 0 aliphatic carbocycles. The Morgan fingerprint density at radius 2 is 2.42 bits per heavy atom. The summed E-state index contributed by atoms with van der Waals surface area (Å²) in [6.45, 7) is 4.86. The highest BCUT2D eigenvalue weighted by atomic mass is 16.4. The first-order valence-corrected chi connectivity index (χ1v) is 3.75. The summed E-state index contributed by atoms with van der Waals surface area (Å²) in [5.41, 5.74) is 0. The van der Waals surface area contributed by atoms with E-state index in [9.17, 15) is 4.79 Å². The van der Waals surface area contributed by atoms with Crippen LogP contribution in [0.2, 0.25) is 0 Å². The molecule has 1 rings (SSSR count). The second-order valence-corrected chi connectivity index (χ2v) is 2.59. The highest BCUT2D eigenvalue weighted by Crippen LogP contribution is 2.06. The topological polar surface area (TPSA) is 43.8 Å². The van der Waals surface area contributed by atoms with Crippen molar-refractivity contribution >= 4 is 5.97 Å². The molecule has 0 saturated heterocycles. The summed E-state index contributed by atoms with van der Waals surface area (Å²) in [5, 5.41) is 8.41. The summed E-state index contributed by atoms with van der Waals surface area (Å²) >= 11 is 0. The number of hydrogen-bond donors (Lipinski definition) is 1. The van der Waals surface area contributed by atoms with Crippen molar-refractivity contribution < 1.29 is 9.90 Å². The van der Waals surface area contributed by atoms with E-state index in [1.54, 1.807) is 6.20 Å². The molecule has 12 heavy (non-hydrogen) atoms. The Balaban J connectivity index is 2.25. The predicted molar refractivity (Wildman–Crippen MR) is 45.0 cm³/mol. The molecule has 66 valence electrons. The molecule has 0 amide bonds. The van der Waals surface area contributed by atoms with Gasteiger partial charge in [-0.2, -0.15) is 0 Å². The normalized spacial score (nSPS) is 15.3. The lowest BCUT2D eigenvalue weighted by Gasteiger charge is -2.16. The van der Waals surface area contributed by atoms with Crippen LogP contribution in [0.3, 0.4) is 0 Å². The van der Waals surface area contributed by atoms with Crippen molar-refractivity contribution in [2.75, 3.05) is 13.2 Å². The van der Waals surface area contributed by atoms with Gasteiger partial charge in [0, 0.05) is 18.9 Å². The third-order valence-corrected chi connectivity index (χ3v) is 1.66. The summed E-state index contributed by atoms with van der Waals surface area (Å²) < 4.78 is 0. The fourth-order valence-electron chi connectivity index (χ4n) is 0.987. The fourth-order valence-corrected chi connectivity index (χ4v) is 0.987.